The Balaban J connectivity index is 2.04. The summed E-state index contributed by atoms with van der Waals surface area (Å²) in [6, 6.07) is 7.98. The maximum atomic E-state index is 11.1. The molecule has 0 aliphatic heterocycles. The third-order valence-electron chi connectivity index (χ3n) is 3.89. The summed E-state index contributed by atoms with van der Waals surface area (Å²) >= 11 is 0. The van der Waals surface area contributed by atoms with Crippen LogP contribution in [0.1, 0.15) is 19.2 Å². The Morgan fingerprint density at radius 1 is 1.35 bits per heavy atom. The molecule has 0 fully saturated rings. The molecule has 5 N–H and O–H groups in total. The first kappa shape index (κ1) is 19.5. The number of imidazole rings is 1. The molecule has 9 nitrogen and oxygen atoms in total. The number of hydrogen-bond acceptors (Lipinski definition) is 7. The van der Waals surface area contributed by atoms with Crippen molar-refractivity contribution >= 4 is 11.8 Å². The van der Waals surface area contributed by atoms with E-state index in [2.05, 4.69) is 32.7 Å². The van der Waals surface area contributed by atoms with E-state index >= 15 is 0 Å². The van der Waals surface area contributed by atoms with E-state index < -0.39 is 6.09 Å². The number of carbonyl (C=O) groups excluding carboxylic acids is 1. The molecular weight excluding hydrogens is 334 g/mol. The topological polar surface area (TPSA) is 109 Å². The van der Waals surface area contributed by atoms with Crippen LogP contribution < -0.4 is 21.9 Å². The average Bonchev–Trinajstić information content (AvgIpc) is 3.02. The number of nitrogen functional groups attached to an aromatic ring is 1. The Bertz CT molecular complexity index is 700. The van der Waals surface area contributed by atoms with Gasteiger partial charge in [0.25, 0.3) is 0 Å². The van der Waals surface area contributed by atoms with Crippen LogP contribution in [0.4, 0.5) is 10.5 Å². The molecule has 9 heteroatoms. The second-order valence-corrected chi connectivity index (χ2v) is 5.68. The minimum absolute atomic E-state index is 0.260. The summed E-state index contributed by atoms with van der Waals surface area (Å²) in [5.74, 6) is 6.96. The fourth-order valence-corrected chi connectivity index (χ4v) is 2.49. The van der Waals surface area contributed by atoms with Crippen LogP contribution in [0.25, 0.3) is 11.3 Å². The smallest absolute Gasteiger partial charge is 0.407 e. The van der Waals surface area contributed by atoms with Gasteiger partial charge in [0, 0.05) is 24.8 Å². The molecule has 1 amide bonds. The van der Waals surface area contributed by atoms with Crippen molar-refractivity contribution in [1.29, 1.82) is 0 Å². The first-order chi connectivity index (χ1) is 12.6. The second kappa shape index (κ2) is 9.64. The highest BCUT2D eigenvalue weighted by Crippen LogP contribution is 2.21. The molecule has 0 unspecified atom stereocenters. The molecule has 0 saturated carbocycles. The molecule has 1 heterocycles. The van der Waals surface area contributed by atoms with E-state index in [4.69, 9.17) is 5.84 Å². The van der Waals surface area contributed by atoms with Crippen LogP contribution in [0.2, 0.25) is 0 Å². The quantitative estimate of drug-likeness (QED) is 0.303. The number of amides is 1. The molecule has 1 aromatic carbocycles. The first-order valence-corrected chi connectivity index (χ1v) is 8.49. The van der Waals surface area contributed by atoms with Crippen molar-refractivity contribution < 1.29 is 9.53 Å². The predicted molar refractivity (Wildman–Crippen MR) is 102 cm³/mol. The zero-order chi connectivity index (χ0) is 18.9. The zero-order valence-corrected chi connectivity index (χ0v) is 15.5. The van der Waals surface area contributed by atoms with Crippen molar-refractivity contribution in [2.45, 2.75) is 19.9 Å². The number of nitrogens with zero attached hydrogens (tertiary/aromatic N) is 3. The summed E-state index contributed by atoms with van der Waals surface area (Å²) in [4.78, 5) is 15.6. The molecule has 0 atom stereocenters. The van der Waals surface area contributed by atoms with Gasteiger partial charge in [0.05, 0.1) is 32.2 Å². The minimum Gasteiger partial charge on any atom is -0.453 e. The largest absolute Gasteiger partial charge is 0.453 e. The highest BCUT2D eigenvalue weighted by molar-refractivity contribution is 5.66. The number of benzene rings is 1. The van der Waals surface area contributed by atoms with Gasteiger partial charge in [-0.25, -0.2) is 24.9 Å². The molecule has 0 spiro atoms. The maximum absolute atomic E-state index is 11.1. The predicted octanol–water partition coefficient (Wildman–Crippen LogP) is 1.34. The minimum atomic E-state index is -0.485. The molecule has 2 aromatic rings. The average molecular weight is 361 g/mol. The second-order valence-electron chi connectivity index (χ2n) is 5.68. The maximum Gasteiger partial charge on any atom is 0.407 e. The number of hydrazine groups is 1. The van der Waals surface area contributed by atoms with Gasteiger partial charge in [-0.3, -0.25) is 0 Å². The van der Waals surface area contributed by atoms with Gasteiger partial charge in [0.15, 0.2) is 0 Å². The van der Waals surface area contributed by atoms with Crippen molar-refractivity contribution in [3.8, 4) is 11.3 Å². The first-order valence-electron chi connectivity index (χ1n) is 8.49. The number of aromatic nitrogens is 2. The molecule has 142 valence electrons. The third-order valence-corrected chi connectivity index (χ3v) is 3.89. The van der Waals surface area contributed by atoms with E-state index in [0.29, 0.717) is 6.54 Å². The molecule has 0 aliphatic rings. The summed E-state index contributed by atoms with van der Waals surface area (Å²) in [5, 5.41) is 7.63. The van der Waals surface area contributed by atoms with Gasteiger partial charge in [-0.05, 0) is 18.6 Å². The van der Waals surface area contributed by atoms with Gasteiger partial charge in [-0.1, -0.05) is 19.1 Å². The molecule has 0 saturated heterocycles. The van der Waals surface area contributed by atoms with Crippen molar-refractivity contribution in [3.63, 3.8) is 0 Å². The van der Waals surface area contributed by atoms with E-state index in [-0.39, 0.29) is 6.67 Å². The Morgan fingerprint density at radius 3 is 2.69 bits per heavy atom. The SMILES string of the molecule is CCCN(Cc1ncc(-c2ccc(NC)cc2)n1N)NCNC(=O)OC. The summed E-state index contributed by atoms with van der Waals surface area (Å²) in [7, 11) is 3.21. The zero-order valence-electron chi connectivity index (χ0n) is 15.5. The number of carbonyl (C=O) groups is 1. The number of anilines is 1. The van der Waals surface area contributed by atoms with Crippen LogP contribution >= 0.6 is 0 Å². The third kappa shape index (κ3) is 5.11. The van der Waals surface area contributed by atoms with Crippen LogP contribution in [-0.4, -0.2) is 48.1 Å². The summed E-state index contributed by atoms with van der Waals surface area (Å²) in [5.41, 5.74) is 6.00. The molecule has 26 heavy (non-hydrogen) atoms. The normalized spacial score (nSPS) is 10.8. The van der Waals surface area contributed by atoms with E-state index in [1.165, 1.54) is 7.11 Å². The fraction of sp³-hybridized carbons (Fsp3) is 0.412. The lowest BCUT2D eigenvalue weighted by Crippen LogP contribution is -2.45. The van der Waals surface area contributed by atoms with Crippen molar-refractivity contribution in [3.05, 3.63) is 36.3 Å². The Labute approximate surface area is 153 Å². The molecule has 2 rings (SSSR count). The van der Waals surface area contributed by atoms with E-state index in [1.54, 1.807) is 10.9 Å². The van der Waals surface area contributed by atoms with Gasteiger partial charge in [0.2, 0.25) is 0 Å². The Hall–Kier alpha value is -2.78. The van der Waals surface area contributed by atoms with E-state index in [9.17, 15) is 4.79 Å². The van der Waals surface area contributed by atoms with Crippen LogP contribution in [0, 0.1) is 0 Å². The van der Waals surface area contributed by atoms with Crippen molar-refractivity contribution in [1.82, 2.24) is 25.4 Å². The van der Waals surface area contributed by atoms with Crippen LogP contribution in [0.15, 0.2) is 30.5 Å². The Kier molecular flexibility index (Phi) is 7.24. The van der Waals surface area contributed by atoms with Crippen LogP contribution in [0.5, 0.6) is 0 Å². The molecule has 1 aromatic heterocycles. The standard InChI is InChI=1S/C17H27N7O2/c1-4-9-23(22-12-21-17(25)26-3)11-16-20-10-15(24(16)18)13-5-7-14(19-2)8-6-13/h5-8,10,19,22H,4,9,11-12,18H2,1-3H3,(H,21,25). The highest BCUT2D eigenvalue weighted by Gasteiger charge is 2.13. The number of rotatable bonds is 9. The van der Waals surface area contributed by atoms with Gasteiger partial charge < -0.3 is 21.2 Å². The lowest BCUT2D eigenvalue weighted by Gasteiger charge is -2.22. The van der Waals surface area contributed by atoms with Gasteiger partial charge in [0.1, 0.15) is 5.82 Å². The molecular formula is C17H27N7O2. The number of nitrogens with one attached hydrogen (secondary N) is 3. The molecule has 0 aliphatic carbocycles. The van der Waals surface area contributed by atoms with Gasteiger partial charge in [-0.2, -0.15) is 0 Å². The van der Waals surface area contributed by atoms with E-state index in [0.717, 1.165) is 35.7 Å². The summed E-state index contributed by atoms with van der Waals surface area (Å²) < 4.78 is 6.14. The van der Waals surface area contributed by atoms with E-state index in [1.807, 2.05) is 36.3 Å². The highest BCUT2D eigenvalue weighted by atomic mass is 16.5. The summed E-state index contributed by atoms with van der Waals surface area (Å²) in [6.45, 7) is 3.62. The number of nitrogens with two attached hydrogens (primary N) is 1. The fourth-order valence-electron chi connectivity index (χ4n) is 2.49. The van der Waals surface area contributed by atoms with Crippen LogP contribution in [-0.2, 0) is 11.3 Å². The Morgan fingerprint density at radius 2 is 2.08 bits per heavy atom. The number of alkyl carbamates (subject to hydrolysis) is 1. The van der Waals surface area contributed by atoms with Gasteiger partial charge >= 0.3 is 6.09 Å². The van der Waals surface area contributed by atoms with Crippen molar-refractivity contribution in [2.24, 2.45) is 0 Å². The lowest BCUT2D eigenvalue weighted by atomic mass is 10.1. The van der Waals surface area contributed by atoms with Crippen molar-refractivity contribution in [2.75, 3.05) is 38.5 Å². The van der Waals surface area contributed by atoms with Gasteiger partial charge in [-0.15, -0.1) is 0 Å². The number of ether oxygens (including phenoxy) is 1. The number of hydrogen-bond donors (Lipinski definition) is 4. The van der Waals surface area contributed by atoms with Crippen LogP contribution in [0.3, 0.4) is 0 Å². The number of methoxy groups -OCH3 is 1. The summed E-state index contributed by atoms with van der Waals surface area (Å²) in [6.07, 6.45) is 2.22. The lowest BCUT2D eigenvalue weighted by molar-refractivity contribution is 0.146. The molecule has 0 bridgehead atoms. The molecule has 0 radical (unpaired) electrons. The monoisotopic (exact) mass is 361 g/mol.